The maximum absolute atomic E-state index is 13.1. The number of thiophene rings is 1. The summed E-state index contributed by atoms with van der Waals surface area (Å²) in [6.07, 6.45) is 2.91. The van der Waals surface area contributed by atoms with E-state index in [-0.39, 0.29) is 23.4 Å². The molecule has 1 aromatic carbocycles. The number of carbonyl (C=O) groups is 2. The summed E-state index contributed by atoms with van der Waals surface area (Å²) in [5.41, 5.74) is 3.36. The van der Waals surface area contributed by atoms with Crippen LogP contribution in [0.1, 0.15) is 37.9 Å². The molecule has 170 valence electrons. The number of anilines is 1. The molecule has 0 aliphatic rings. The third-order valence-electron chi connectivity index (χ3n) is 5.15. The van der Waals surface area contributed by atoms with E-state index in [0.29, 0.717) is 16.4 Å². The molecule has 0 atom stereocenters. The molecule has 0 aliphatic carbocycles. The minimum Gasteiger partial charge on any atom is -0.459 e. The molecule has 0 unspecified atom stereocenters. The first-order valence-electron chi connectivity index (χ1n) is 10.4. The van der Waals surface area contributed by atoms with Gasteiger partial charge in [-0.3, -0.25) is 14.7 Å². The average Bonchev–Trinajstić information content (AvgIpc) is 3.55. The van der Waals surface area contributed by atoms with Crippen molar-refractivity contribution in [2.45, 2.75) is 19.8 Å². The smallest absolute Gasteiger partial charge is 0.291 e. The lowest BCUT2D eigenvalue weighted by atomic mass is 10.1. The van der Waals surface area contributed by atoms with Crippen LogP contribution >= 0.6 is 11.3 Å². The van der Waals surface area contributed by atoms with Crippen molar-refractivity contribution in [3.8, 4) is 11.3 Å². The van der Waals surface area contributed by atoms with Crippen molar-refractivity contribution in [3.63, 3.8) is 0 Å². The maximum atomic E-state index is 13.1. The van der Waals surface area contributed by atoms with Crippen molar-refractivity contribution < 1.29 is 18.4 Å². The zero-order valence-electron chi connectivity index (χ0n) is 18.2. The lowest BCUT2D eigenvalue weighted by molar-refractivity contribution is 0.0797. The Morgan fingerprint density at radius 2 is 2.00 bits per heavy atom. The van der Waals surface area contributed by atoms with Gasteiger partial charge in [-0.15, -0.1) is 11.3 Å². The van der Waals surface area contributed by atoms with Gasteiger partial charge in [0, 0.05) is 24.8 Å². The van der Waals surface area contributed by atoms with Crippen molar-refractivity contribution >= 4 is 28.2 Å². The normalized spacial score (nSPS) is 10.9. The molecule has 0 saturated carbocycles. The molecule has 9 heteroatoms. The molecule has 2 N–H and O–H groups in total. The summed E-state index contributed by atoms with van der Waals surface area (Å²) >= 11 is 1.25. The molecule has 0 fully saturated rings. The van der Waals surface area contributed by atoms with Crippen LogP contribution in [0.5, 0.6) is 0 Å². The van der Waals surface area contributed by atoms with Crippen LogP contribution in [0.25, 0.3) is 11.3 Å². The lowest BCUT2D eigenvalue weighted by Crippen LogP contribution is -2.27. The number of halogens is 1. The molecular weight excluding hydrogens is 443 g/mol. The molecule has 2 amide bonds. The minimum absolute atomic E-state index is 0.0902. The zero-order chi connectivity index (χ0) is 23.4. The Morgan fingerprint density at radius 3 is 2.73 bits per heavy atom. The van der Waals surface area contributed by atoms with Gasteiger partial charge < -0.3 is 14.6 Å². The number of rotatable bonds is 8. The highest BCUT2D eigenvalue weighted by molar-refractivity contribution is 7.18. The van der Waals surface area contributed by atoms with Crippen LogP contribution in [-0.4, -0.2) is 40.5 Å². The number of furan rings is 1. The van der Waals surface area contributed by atoms with Gasteiger partial charge >= 0.3 is 0 Å². The number of hydrogen-bond acceptors (Lipinski definition) is 5. The van der Waals surface area contributed by atoms with E-state index in [4.69, 9.17) is 4.42 Å². The fraction of sp³-hybridized carbons (Fsp3) is 0.208. The van der Waals surface area contributed by atoms with Crippen LogP contribution in [0, 0.1) is 12.7 Å². The van der Waals surface area contributed by atoms with Crippen molar-refractivity contribution in [2.24, 2.45) is 0 Å². The highest BCUT2D eigenvalue weighted by Crippen LogP contribution is 2.28. The van der Waals surface area contributed by atoms with Gasteiger partial charge in [-0.2, -0.15) is 5.10 Å². The number of aromatic amines is 1. The molecule has 0 bridgehead atoms. The zero-order valence-corrected chi connectivity index (χ0v) is 19.0. The quantitative estimate of drug-likeness (QED) is 0.376. The largest absolute Gasteiger partial charge is 0.459 e. The Hall–Kier alpha value is -3.72. The van der Waals surface area contributed by atoms with E-state index in [9.17, 15) is 14.0 Å². The van der Waals surface area contributed by atoms with Crippen LogP contribution in [-0.2, 0) is 6.42 Å². The van der Waals surface area contributed by atoms with E-state index in [0.717, 1.165) is 35.4 Å². The molecule has 4 aromatic rings. The highest BCUT2D eigenvalue weighted by atomic mass is 32.1. The SMILES string of the molecule is Cc1cc(NC(=O)c2ccco2)sc1C(=O)N(C)CCCc1cc(-c2ccc(F)cc2)n[nH]1. The van der Waals surface area contributed by atoms with E-state index in [1.807, 2.05) is 13.0 Å². The average molecular weight is 467 g/mol. The number of H-pyrrole nitrogens is 1. The van der Waals surface area contributed by atoms with Crippen molar-refractivity contribution in [1.29, 1.82) is 0 Å². The molecule has 0 spiro atoms. The third kappa shape index (κ3) is 5.38. The van der Waals surface area contributed by atoms with E-state index in [2.05, 4.69) is 15.5 Å². The number of nitrogens with zero attached hydrogens (tertiary/aromatic N) is 2. The number of amides is 2. The molecular formula is C24H23FN4O3S. The predicted octanol–water partition coefficient (Wildman–Crippen LogP) is 5.14. The monoisotopic (exact) mass is 466 g/mol. The van der Waals surface area contributed by atoms with Gasteiger partial charge in [0.15, 0.2) is 5.76 Å². The molecule has 3 aromatic heterocycles. The Bertz CT molecular complexity index is 1250. The van der Waals surface area contributed by atoms with Crippen LogP contribution in [0.15, 0.2) is 59.2 Å². The Balaban J connectivity index is 1.30. The standard InChI is InChI=1S/C24H23FN4O3S/c1-15-13-21(26-23(30)20-6-4-12-32-20)33-22(15)24(31)29(2)11-3-5-18-14-19(28-27-18)16-7-9-17(25)10-8-16/h4,6-10,12-14H,3,5,11H2,1-2H3,(H,26,30)(H,27,28). The van der Waals surface area contributed by atoms with Gasteiger partial charge in [-0.1, -0.05) is 0 Å². The van der Waals surface area contributed by atoms with Crippen LogP contribution in [0.4, 0.5) is 9.39 Å². The minimum atomic E-state index is -0.354. The molecule has 7 nitrogen and oxygen atoms in total. The fourth-order valence-corrected chi connectivity index (χ4v) is 4.44. The number of aromatic nitrogens is 2. The third-order valence-corrected chi connectivity index (χ3v) is 6.29. The van der Waals surface area contributed by atoms with Crippen LogP contribution < -0.4 is 5.32 Å². The summed E-state index contributed by atoms with van der Waals surface area (Å²) in [6.45, 7) is 2.41. The van der Waals surface area contributed by atoms with E-state index >= 15 is 0 Å². The van der Waals surface area contributed by atoms with E-state index in [1.54, 1.807) is 42.3 Å². The van der Waals surface area contributed by atoms with Crippen molar-refractivity contribution in [3.05, 3.63) is 82.5 Å². The second kappa shape index (κ2) is 9.83. The summed E-state index contributed by atoms with van der Waals surface area (Å²) < 4.78 is 18.2. The molecule has 0 radical (unpaired) electrons. The molecule has 4 rings (SSSR count). The second-order valence-electron chi connectivity index (χ2n) is 7.67. The van der Waals surface area contributed by atoms with Crippen molar-refractivity contribution in [1.82, 2.24) is 15.1 Å². The summed E-state index contributed by atoms with van der Waals surface area (Å²) in [5.74, 6) is -0.511. The topological polar surface area (TPSA) is 91.2 Å². The summed E-state index contributed by atoms with van der Waals surface area (Å²) in [7, 11) is 1.76. The molecule has 0 saturated heterocycles. The van der Waals surface area contributed by atoms with Gasteiger partial charge in [0.05, 0.1) is 21.8 Å². The number of carbonyl (C=O) groups excluding carboxylic acids is 2. The second-order valence-corrected chi connectivity index (χ2v) is 8.72. The van der Waals surface area contributed by atoms with Gasteiger partial charge in [0.2, 0.25) is 0 Å². The number of benzene rings is 1. The Morgan fingerprint density at radius 1 is 1.21 bits per heavy atom. The molecule has 0 aliphatic heterocycles. The number of hydrogen-bond donors (Lipinski definition) is 2. The van der Waals surface area contributed by atoms with E-state index < -0.39 is 0 Å². The highest BCUT2D eigenvalue weighted by Gasteiger charge is 2.19. The first kappa shape index (κ1) is 22.5. The Kier molecular flexibility index (Phi) is 6.69. The first-order valence-corrected chi connectivity index (χ1v) is 11.2. The number of aryl methyl sites for hydroxylation is 2. The van der Waals surface area contributed by atoms with Gasteiger partial charge in [0.1, 0.15) is 5.82 Å². The summed E-state index contributed by atoms with van der Waals surface area (Å²) in [4.78, 5) is 27.3. The van der Waals surface area contributed by atoms with Gasteiger partial charge in [-0.05, 0) is 73.9 Å². The van der Waals surface area contributed by atoms with Crippen LogP contribution in [0.3, 0.4) is 0 Å². The first-order chi connectivity index (χ1) is 15.9. The molecule has 3 heterocycles. The van der Waals surface area contributed by atoms with Gasteiger partial charge in [-0.25, -0.2) is 4.39 Å². The van der Waals surface area contributed by atoms with Crippen molar-refractivity contribution in [2.75, 3.05) is 18.9 Å². The van der Waals surface area contributed by atoms with E-state index in [1.165, 1.54) is 29.7 Å². The van der Waals surface area contributed by atoms with Crippen LogP contribution in [0.2, 0.25) is 0 Å². The predicted molar refractivity (Wildman–Crippen MR) is 125 cm³/mol. The Labute approximate surface area is 194 Å². The fourth-order valence-electron chi connectivity index (χ4n) is 3.38. The maximum Gasteiger partial charge on any atom is 0.291 e. The summed E-state index contributed by atoms with van der Waals surface area (Å²) in [6, 6.07) is 13.1. The van der Waals surface area contributed by atoms with Gasteiger partial charge in [0.25, 0.3) is 11.8 Å². The summed E-state index contributed by atoms with van der Waals surface area (Å²) in [5, 5.41) is 10.6. The molecule has 33 heavy (non-hydrogen) atoms. The number of nitrogens with one attached hydrogen (secondary N) is 2. The lowest BCUT2D eigenvalue weighted by Gasteiger charge is -2.16.